The number of rotatable bonds is 5. The van der Waals surface area contributed by atoms with Gasteiger partial charge >= 0.3 is 5.97 Å². The fraction of sp³-hybridized carbons (Fsp3) is 0.267. The molecule has 1 N–H and O–H groups in total. The SMILES string of the molecule is CC(C)c1cc(OCc2c(Cl)cccc2Cl)c(C(=O)O)s1. The van der Waals surface area contributed by atoms with Crippen molar-refractivity contribution in [3.05, 3.63) is 49.6 Å². The van der Waals surface area contributed by atoms with Crippen LogP contribution < -0.4 is 4.74 Å². The second-order valence-electron chi connectivity index (χ2n) is 4.79. The molecule has 0 fully saturated rings. The Hall–Kier alpha value is -1.23. The molecule has 1 aromatic heterocycles. The van der Waals surface area contributed by atoms with Gasteiger partial charge in [0, 0.05) is 20.5 Å². The van der Waals surface area contributed by atoms with E-state index in [0.717, 1.165) is 4.88 Å². The van der Waals surface area contributed by atoms with E-state index in [1.807, 2.05) is 13.8 Å². The highest BCUT2D eigenvalue weighted by atomic mass is 35.5. The minimum absolute atomic E-state index is 0.132. The van der Waals surface area contributed by atoms with Crippen molar-refractivity contribution in [1.29, 1.82) is 0 Å². The highest BCUT2D eigenvalue weighted by molar-refractivity contribution is 7.14. The lowest BCUT2D eigenvalue weighted by Gasteiger charge is -2.09. The molecule has 0 spiro atoms. The highest BCUT2D eigenvalue weighted by Gasteiger charge is 2.19. The first-order chi connectivity index (χ1) is 9.90. The second kappa shape index (κ2) is 6.69. The zero-order valence-corrected chi connectivity index (χ0v) is 13.9. The summed E-state index contributed by atoms with van der Waals surface area (Å²) in [6, 6.07) is 6.96. The van der Waals surface area contributed by atoms with Crippen molar-refractivity contribution in [1.82, 2.24) is 0 Å². The van der Waals surface area contributed by atoms with Crippen molar-refractivity contribution in [2.45, 2.75) is 26.4 Å². The molecule has 0 saturated heterocycles. The molecule has 0 amide bonds. The molecule has 0 atom stereocenters. The molecule has 0 aliphatic rings. The molecule has 2 aromatic rings. The maximum Gasteiger partial charge on any atom is 0.349 e. The fourth-order valence-corrected chi connectivity index (χ4v) is 3.20. The zero-order chi connectivity index (χ0) is 15.6. The number of carboxylic acids is 1. The Morgan fingerprint density at radius 1 is 1.33 bits per heavy atom. The van der Waals surface area contributed by atoms with Gasteiger partial charge in [-0.05, 0) is 24.1 Å². The van der Waals surface area contributed by atoms with Crippen molar-refractivity contribution in [3.8, 4) is 5.75 Å². The van der Waals surface area contributed by atoms with E-state index in [1.54, 1.807) is 24.3 Å². The van der Waals surface area contributed by atoms with Crippen molar-refractivity contribution in [2.75, 3.05) is 0 Å². The van der Waals surface area contributed by atoms with Crippen molar-refractivity contribution in [2.24, 2.45) is 0 Å². The third-order valence-electron chi connectivity index (χ3n) is 2.91. The van der Waals surface area contributed by atoms with Gasteiger partial charge in [0.2, 0.25) is 0 Å². The first kappa shape index (κ1) is 16.1. The molecule has 2 rings (SSSR count). The lowest BCUT2D eigenvalue weighted by molar-refractivity contribution is 0.0697. The van der Waals surface area contributed by atoms with Crippen LogP contribution in [0.5, 0.6) is 5.75 Å². The van der Waals surface area contributed by atoms with Crippen LogP contribution in [0.4, 0.5) is 0 Å². The first-order valence-electron chi connectivity index (χ1n) is 6.33. The molecule has 1 aromatic carbocycles. The summed E-state index contributed by atoms with van der Waals surface area (Å²) in [5, 5.41) is 10.2. The van der Waals surface area contributed by atoms with Crippen LogP contribution in [0.15, 0.2) is 24.3 Å². The molecule has 21 heavy (non-hydrogen) atoms. The Kier molecular flexibility index (Phi) is 5.14. The monoisotopic (exact) mass is 344 g/mol. The lowest BCUT2D eigenvalue weighted by atomic mass is 10.2. The van der Waals surface area contributed by atoms with Crippen LogP contribution in [0.25, 0.3) is 0 Å². The number of thiophene rings is 1. The molecule has 3 nitrogen and oxygen atoms in total. The molecule has 0 aliphatic heterocycles. The standard InChI is InChI=1S/C15H14Cl2O3S/c1-8(2)13-6-12(14(21-13)15(18)19)20-7-9-10(16)4-3-5-11(9)17/h3-6,8H,7H2,1-2H3,(H,18,19). The minimum atomic E-state index is -0.993. The van der Waals surface area contributed by atoms with E-state index < -0.39 is 5.97 Å². The maximum atomic E-state index is 11.3. The van der Waals surface area contributed by atoms with Gasteiger partial charge in [-0.3, -0.25) is 0 Å². The normalized spacial score (nSPS) is 10.9. The maximum absolute atomic E-state index is 11.3. The van der Waals surface area contributed by atoms with Gasteiger partial charge < -0.3 is 9.84 Å². The molecule has 112 valence electrons. The number of carboxylic acid groups (broad SMARTS) is 1. The van der Waals surface area contributed by atoms with Gasteiger partial charge in [-0.25, -0.2) is 4.79 Å². The van der Waals surface area contributed by atoms with E-state index in [2.05, 4.69) is 0 Å². The van der Waals surface area contributed by atoms with Gasteiger partial charge in [-0.15, -0.1) is 11.3 Å². The second-order valence-corrected chi connectivity index (χ2v) is 6.69. The van der Waals surface area contributed by atoms with Crippen LogP contribution in [-0.4, -0.2) is 11.1 Å². The Bertz CT molecular complexity index is 645. The van der Waals surface area contributed by atoms with Crippen LogP contribution >= 0.6 is 34.5 Å². The topological polar surface area (TPSA) is 46.5 Å². The van der Waals surface area contributed by atoms with Gasteiger partial charge in [0.05, 0.1) is 0 Å². The smallest absolute Gasteiger partial charge is 0.349 e. The molecular weight excluding hydrogens is 331 g/mol. The average Bonchev–Trinajstić information content (AvgIpc) is 2.82. The average molecular weight is 345 g/mol. The predicted octanol–water partition coefficient (Wildman–Crippen LogP) is 5.46. The lowest BCUT2D eigenvalue weighted by Crippen LogP contribution is -2.01. The third kappa shape index (κ3) is 3.70. The van der Waals surface area contributed by atoms with Gasteiger partial charge in [0.1, 0.15) is 12.4 Å². The number of ether oxygens (including phenoxy) is 1. The van der Waals surface area contributed by atoms with Gasteiger partial charge in [0.15, 0.2) is 4.88 Å². The van der Waals surface area contributed by atoms with Crippen LogP contribution in [0.3, 0.4) is 0 Å². The molecule has 1 heterocycles. The first-order valence-corrected chi connectivity index (χ1v) is 7.90. The summed E-state index contributed by atoms with van der Waals surface area (Å²) in [5.41, 5.74) is 0.648. The van der Waals surface area contributed by atoms with Crippen LogP contribution in [0.1, 0.15) is 39.9 Å². The molecular formula is C15H14Cl2O3S. The number of aromatic carboxylic acids is 1. The third-order valence-corrected chi connectivity index (χ3v) is 5.03. The summed E-state index contributed by atoms with van der Waals surface area (Å²) < 4.78 is 5.64. The summed E-state index contributed by atoms with van der Waals surface area (Å²) in [4.78, 5) is 12.4. The number of hydrogen-bond acceptors (Lipinski definition) is 3. The van der Waals surface area contributed by atoms with Crippen molar-refractivity contribution >= 4 is 40.5 Å². The van der Waals surface area contributed by atoms with E-state index in [-0.39, 0.29) is 17.4 Å². The highest BCUT2D eigenvalue weighted by Crippen LogP contribution is 2.35. The largest absolute Gasteiger partial charge is 0.487 e. The molecule has 6 heteroatoms. The summed E-state index contributed by atoms with van der Waals surface area (Å²) in [5.74, 6) is -0.395. The molecule has 0 aliphatic carbocycles. The van der Waals surface area contributed by atoms with E-state index >= 15 is 0 Å². The Morgan fingerprint density at radius 3 is 2.48 bits per heavy atom. The van der Waals surface area contributed by atoms with Crippen LogP contribution in [0.2, 0.25) is 10.0 Å². The number of benzene rings is 1. The Morgan fingerprint density at radius 2 is 1.95 bits per heavy atom. The molecule has 0 unspecified atom stereocenters. The summed E-state index contributed by atoms with van der Waals surface area (Å²) in [6.07, 6.45) is 0. The number of halogens is 2. The zero-order valence-electron chi connectivity index (χ0n) is 11.5. The van der Waals surface area contributed by atoms with Gasteiger partial charge in [-0.2, -0.15) is 0 Å². The summed E-state index contributed by atoms with van der Waals surface area (Å²) in [6.45, 7) is 4.14. The van der Waals surface area contributed by atoms with E-state index in [4.69, 9.17) is 27.9 Å². The number of hydrogen-bond donors (Lipinski definition) is 1. The molecule has 0 radical (unpaired) electrons. The summed E-state index contributed by atoms with van der Waals surface area (Å²) >= 11 is 13.4. The van der Waals surface area contributed by atoms with Crippen molar-refractivity contribution < 1.29 is 14.6 Å². The predicted molar refractivity (Wildman–Crippen MR) is 86.2 cm³/mol. The summed E-state index contributed by atoms with van der Waals surface area (Å²) in [7, 11) is 0. The van der Waals surface area contributed by atoms with Gasteiger partial charge in [0.25, 0.3) is 0 Å². The van der Waals surface area contributed by atoms with E-state index in [1.165, 1.54) is 11.3 Å². The van der Waals surface area contributed by atoms with Crippen LogP contribution in [0, 0.1) is 0 Å². The molecule has 0 saturated carbocycles. The van der Waals surface area contributed by atoms with E-state index in [9.17, 15) is 9.90 Å². The Labute approximate surface area is 137 Å². The van der Waals surface area contributed by atoms with Gasteiger partial charge in [-0.1, -0.05) is 43.1 Å². The van der Waals surface area contributed by atoms with Crippen molar-refractivity contribution in [3.63, 3.8) is 0 Å². The minimum Gasteiger partial charge on any atom is -0.487 e. The van der Waals surface area contributed by atoms with Crippen LogP contribution in [-0.2, 0) is 6.61 Å². The Balaban J connectivity index is 2.25. The molecule has 0 bridgehead atoms. The number of carbonyl (C=O) groups is 1. The quantitative estimate of drug-likeness (QED) is 0.783. The van der Waals surface area contributed by atoms with E-state index in [0.29, 0.717) is 21.4 Å². The fourth-order valence-electron chi connectivity index (χ4n) is 1.75.